The van der Waals surface area contributed by atoms with E-state index in [0.29, 0.717) is 12.1 Å². The van der Waals surface area contributed by atoms with E-state index in [1.165, 1.54) is 42.5 Å². The third kappa shape index (κ3) is 6.70. The Labute approximate surface area is 210 Å². The molecule has 0 aliphatic heterocycles. The standard InChI is InChI=1S/C25H26N2O7S2/c1-2-26-25(30)27-20-9-6-10-23(16-20)36(33,34)22-13-11-21(12-14-22)35(31,32)17-19(15-24(28)29)18-7-4-3-5-8-18/h3-14,16,19H,2,15,17H2,1H3,(H,28,29)(H2,26,27,30). The van der Waals surface area contributed by atoms with Crippen LogP contribution in [0.3, 0.4) is 0 Å². The van der Waals surface area contributed by atoms with Gasteiger partial charge in [0.05, 0.1) is 26.9 Å². The maximum absolute atomic E-state index is 13.1. The predicted molar refractivity (Wildman–Crippen MR) is 135 cm³/mol. The average molecular weight is 531 g/mol. The van der Waals surface area contributed by atoms with Crippen molar-refractivity contribution in [3.63, 3.8) is 0 Å². The molecule has 0 aliphatic carbocycles. The first kappa shape index (κ1) is 26.9. The third-order valence-corrected chi connectivity index (χ3v) is 8.94. The zero-order chi connectivity index (χ0) is 26.3. The molecule has 190 valence electrons. The lowest BCUT2D eigenvalue weighted by Gasteiger charge is -2.16. The van der Waals surface area contributed by atoms with Crippen molar-refractivity contribution >= 4 is 37.4 Å². The van der Waals surface area contributed by atoms with Gasteiger partial charge in [-0.15, -0.1) is 0 Å². The number of carboxylic acid groups (broad SMARTS) is 1. The van der Waals surface area contributed by atoms with Crippen LogP contribution in [-0.2, 0) is 24.5 Å². The summed E-state index contributed by atoms with van der Waals surface area (Å²) in [5, 5.41) is 14.3. The minimum Gasteiger partial charge on any atom is -0.481 e. The van der Waals surface area contributed by atoms with E-state index in [9.17, 15) is 31.5 Å². The summed E-state index contributed by atoms with van der Waals surface area (Å²) in [6.45, 7) is 2.15. The van der Waals surface area contributed by atoms with E-state index in [4.69, 9.17) is 0 Å². The smallest absolute Gasteiger partial charge is 0.319 e. The number of aliphatic carboxylic acids is 1. The molecule has 3 N–H and O–H groups in total. The number of amides is 2. The van der Waals surface area contributed by atoms with E-state index in [2.05, 4.69) is 10.6 Å². The highest BCUT2D eigenvalue weighted by molar-refractivity contribution is 7.92. The van der Waals surface area contributed by atoms with Crippen LogP contribution in [0.25, 0.3) is 0 Å². The number of anilines is 1. The SMILES string of the molecule is CCNC(=O)Nc1cccc(S(=O)(=O)c2ccc(S(=O)(=O)CC(CC(=O)O)c3ccccc3)cc2)c1. The zero-order valence-corrected chi connectivity index (χ0v) is 21.1. The molecule has 0 radical (unpaired) electrons. The van der Waals surface area contributed by atoms with Crippen LogP contribution >= 0.6 is 0 Å². The lowest BCUT2D eigenvalue weighted by Crippen LogP contribution is -2.28. The first-order valence-corrected chi connectivity index (χ1v) is 14.2. The molecule has 0 aliphatic rings. The van der Waals surface area contributed by atoms with Crippen LogP contribution in [0.4, 0.5) is 10.5 Å². The van der Waals surface area contributed by atoms with Crippen LogP contribution in [0.1, 0.15) is 24.8 Å². The van der Waals surface area contributed by atoms with E-state index < -0.39 is 43.3 Å². The monoisotopic (exact) mass is 530 g/mol. The fourth-order valence-electron chi connectivity index (χ4n) is 3.61. The fraction of sp³-hybridized carbons (Fsp3) is 0.200. The molecule has 0 heterocycles. The van der Waals surface area contributed by atoms with Gasteiger partial charge in [-0.05, 0) is 55.0 Å². The molecular formula is C25H26N2O7S2. The number of benzene rings is 3. The summed E-state index contributed by atoms with van der Waals surface area (Å²) >= 11 is 0. The Morgan fingerprint density at radius 1 is 0.833 bits per heavy atom. The number of carboxylic acids is 1. The zero-order valence-electron chi connectivity index (χ0n) is 19.4. The molecule has 3 aromatic carbocycles. The Morgan fingerprint density at radius 3 is 2.08 bits per heavy atom. The molecule has 1 atom stereocenters. The summed E-state index contributed by atoms with van der Waals surface area (Å²) in [7, 11) is -7.92. The summed E-state index contributed by atoms with van der Waals surface area (Å²) in [6, 6.07) is 18.5. The van der Waals surface area contributed by atoms with Gasteiger partial charge >= 0.3 is 12.0 Å². The van der Waals surface area contributed by atoms with Gasteiger partial charge in [0.25, 0.3) is 0 Å². The number of rotatable bonds is 10. The van der Waals surface area contributed by atoms with Crippen LogP contribution < -0.4 is 10.6 Å². The fourth-order valence-corrected chi connectivity index (χ4v) is 6.50. The van der Waals surface area contributed by atoms with Gasteiger partial charge in [0.2, 0.25) is 9.84 Å². The number of nitrogens with one attached hydrogen (secondary N) is 2. The number of carbonyl (C=O) groups excluding carboxylic acids is 1. The Hall–Kier alpha value is -3.70. The number of urea groups is 1. The van der Waals surface area contributed by atoms with E-state index in [1.807, 2.05) is 0 Å². The van der Waals surface area contributed by atoms with Crippen LogP contribution in [0, 0.1) is 0 Å². The predicted octanol–water partition coefficient (Wildman–Crippen LogP) is 3.69. The summed E-state index contributed by atoms with van der Waals surface area (Å²) in [6.07, 6.45) is -0.365. The molecule has 0 saturated heterocycles. The topological polar surface area (TPSA) is 147 Å². The van der Waals surface area contributed by atoms with E-state index in [1.54, 1.807) is 43.3 Å². The second kappa shape index (κ2) is 11.4. The molecule has 0 aromatic heterocycles. The van der Waals surface area contributed by atoms with Crippen molar-refractivity contribution in [2.24, 2.45) is 0 Å². The Morgan fingerprint density at radius 2 is 1.47 bits per heavy atom. The maximum Gasteiger partial charge on any atom is 0.319 e. The summed E-state index contributed by atoms with van der Waals surface area (Å²) < 4.78 is 52.3. The number of carbonyl (C=O) groups is 2. The lowest BCUT2D eigenvalue weighted by molar-refractivity contribution is -0.137. The van der Waals surface area contributed by atoms with Crippen molar-refractivity contribution in [1.29, 1.82) is 0 Å². The molecule has 36 heavy (non-hydrogen) atoms. The molecule has 3 rings (SSSR count). The van der Waals surface area contributed by atoms with Crippen molar-refractivity contribution in [3.8, 4) is 0 Å². The largest absolute Gasteiger partial charge is 0.481 e. The second-order valence-corrected chi connectivity index (χ2v) is 12.0. The minimum atomic E-state index is -4.00. The van der Waals surface area contributed by atoms with Gasteiger partial charge in [0, 0.05) is 18.2 Å². The first-order valence-electron chi connectivity index (χ1n) is 11.0. The van der Waals surface area contributed by atoms with Crippen molar-refractivity contribution in [1.82, 2.24) is 5.32 Å². The van der Waals surface area contributed by atoms with E-state index >= 15 is 0 Å². The van der Waals surface area contributed by atoms with Gasteiger partial charge in [0.15, 0.2) is 9.84 Å². The molecule has 3 aromatic rings. The van der Waals surface area contributed by atoms with Crippen molar-refractivity contribution < 1.29 is 31.5 Å². The molecule has 0 fully saturated rings. The van der Waals surface area contributed by atoms with Crippen molar-refractivity contribution in [2.75, 3.05) is 17.6 Å². The van der Waals surface area contributed by atoms with Gasteiger partial charge in [-0.25, -0.2) is 21.6 Å². The molecule has 1 unspecified atom stereocenters. The van der Waals surface area contributed by atoms with Crippen molar-refractivity contribution in [2.45, 2.75) is 33.9 Å². The third-order valence-electron chi connectivity index (χ3n) is 5.35. The number of hydrogen-bond acceptors (Lipinski definition) is 6. The summed E-state index contributed by atoms with van der Waals surface area (Å²) in [5.41, 5.74) is 0.871. The van der Waals surface area contributed by atoms with E-state index in [0.717, 1.165) is 0 Å². The Balaban J connectivity index is 1.84. The van der Waals surface area contributed by atoms with Crippen LogP contribution in [0.5, 0.6) is 0 Å². The molecule has 2 amide bonds. The molecular weight excluding hydrogens is 504 g/mol. The second-order valence-electron chi connectivity index (χ2n) is 7.97. The van der Waals surface area contributed by atoms with E-state index in [-0.39, 0.29) is 26.8 Å². The molecule has 11 heteroatoms. The van der Waals surface area contributed by atoms with Crippen molar-refractivity contribution in [3.05, 3.63) is 84.4 Å². The lowest BCUT2D eigenvalue weighted by atomic mass is 9.98. The molecule has 0 saturated carbocycles. The van der Waals surface area contributed by atoms with Gasteiger partial charge in [-0.2, -0.15) is 0 Å². The van der Waals surface area contributed by atoms with Gasteiger partial charge in [-0.3, -0.25) is 4.79 Å². The van der Waals surface area contributed by atoms with Gasteiger partial charge < -0.3 is 15.7 Å². The Bertz CT molecular complexity index is 1440. The van der Waals surface area contributed by atoms with Crippen LogP contribution in [0.2, 0.25) is 0 Å². The average Bonchev–Trinajstić information content (AvgIpc) is 2.84. The highest BCUT2D eigenvalue weighted by Gasteiger charge is 2.26. The maximum atomic E-state index is 13.1. The number of sulfone groups is 2. The summed E-state index contributed by atoms with van der Waals surface area (Å²) in [4.78, 5) is 22.8. The van der Waals surface area contributed by atoms with Gasteiger partial charge in [0.1, 0.15) is 0 Å². The number of hydrogen-bond donors (Lipinski definition) is 3. The Kier molecular flexibility index (Phi) is 8.49. The van der Waals surface area contributed by atoms with Gasteiger partial charge in [-0.1, -0.05) is 36.4 Å². The quantitative estimate of drug-likeness (QED) is 0.362. The van der Waals surface area contributed by atoms with Crippen LogP contribution in [-0.4, -0.2) is 46.2 Å². The highest BCUT2D eigenvalue weighted by Crippen LogP contribution is 2.28. The molecule has 0 bridgehead atoms. The minimum absolute atomic E-state index is 0.0713. The summed E-state index contributed by atoms with van der Waals surface area (Å²) in [5.74, 6) is -2.33. The molecule has 0 spiro atoms. The highest BCUT2D eigenvalue weighted by atomic mass is 32.2. The normalized spacial score (nSPS) is 12.5. The molecule has 9 nitrogen and oxygen atoms in total. The van der Waals surface area contributed by atoms with Crippen LogP contribution in [0.15, 0.2) is 93.5 Å². The first-order chi connectivity index (χ1) is 17.0.